The van der Waals surface area contributed by atoms with Gasteiger partial charge in [-0.15, -0.1) is 5.10 Å². The number of aromatic nitrogens is 5. The summed E-state index contributed by atoms with van der Waals surface area (Å²) in [6.45, 7) is 16.6. The second-order valence-electron chi connectivity index (χ2n) is 8.97. The molecule has 3 aromatic heterocycles. The molecule has 0 aliphatic heterocycles. The van der Waals surface area contributed by atoms with E-state index < -0.39 is 8.32 Å². The van der Waals surface area contributed by atoms with Crippen molar-refractivity contribution in [1.29, 1.82) is 0 Å². The van der Waals surface area contributed by atoms with Crippen molar-refractivity contribution in [2.45, 2.75) is 59.3 Å². The van der Waals surface area contributed by atoms with Crippen molar-refractivity contribution in [3.8, 4) is 5.88 Å². The zero-order valence-electron chi connectivity index (χ0n) is 19.3. The largest absolute Gasteiger partial charge is 0.528 e. The second kappa shape index (κ2) is 9.10. The molecular weight excluding hydrogens is 432 g/mol. The van der Waals surface area contributed by atoms with E-state index in [-0.39, 0.29) is 10.3 Å². The van der Waals surface area contributed by atoms with Crippen LogP contribution in [0, 0.1) is 6.92 Å². The summed E-state index contributed by atoms with van der Waals surface area (Å²) >= 11 is 6.30. The lowest BCUT2D eigenvalue weighted by molar-refractivity contribution is 0.137. The predicted octanol–water partition coefficient (Wildman–Crippen LogP) is 5.35. The van der Waals surface area contributed by atoms with Crippen LogP contribution in [0.1, 0.15) is 33.3 Å². The number of fused-ring (bicyclic) bond motifs is 1. The average Bonchev–Trinajstić information content (AvgIpc) is 2.98. The molecule has 0 atom stereocenters. The first-order valence-corrected chi connectivity index (χ1v) is 13.7. The fraction of sp³-hybridized carbons (Fsp3) is 0.524. The quantitative estimate of drug-likeness (QED) is 0.274. The molecule has 168 valence electrons. The first kappa shape index (κ1) is 23.4. The van der Waals surface area contributed by atoms with Crippen LogP contribution in [0.3, 0.4) is 0 Å². The number of nitrogens with zero attached hydrogens (tertiary/aromatic N) is 5. The van der Waals surface area contributed by atoms with Crippen molar-refractivity contribution in [1.82, 2.24) is 24.7 Å². The van der Waals surface area contributed by atoms with Gasteiger partial charge in [-0.1, -0.05) is 20.8 Å². The lowest BCUT2D eigenvalue weighted by Crippen LogP contribution is -2.44. The van der Waals surface area contributed by atoms with Gasteiger partial charge in [0.15, 0.2) is 11.3 Å². The van der Waals surface area contributed by atoms with E-state index in [1.165, 1.54) is 0 Å². The lowest BCUT2D eigenvalue weighted by atomic mass is 10.2. The molecule has 0 aliphatic carbocycles. The van der Waals surface area contributed by atoms with Gasteiger partial charge in [0.1, 0.15) is 11.3 Å². The van der Waals surface area contributed by atoms with Gasteiger partial charge in [0.05, 0.1) is 13.2 Å². The van der Waals surface area contributed by atoms with Gasteiger partial charge in [0, 0.05) is 12.8 Å². The van der Waals surface area contributed by atoms with Crippen molar-refractivity contribution >= 4 is 42.6 Å². The molecule has 0 fully saturated rings. The topological polar surface area (TPSA) is 87.0 Å². The van der Waals surface area contributed by atoms with Crippen molar-refractivity contribution in [2.24, 2.45) is 0 Å². The van der Waals surface area contributed by atoms with Crippen LogP contribution in [0.2, 0.25) is 23.4 Å². The molecule has 0 aromatic carbocycles. The SMILES string of the molecule is CCOCCn1nc(O[Si](C)(C)C(C)(C)C)c2nc(Cl)nc(Nc3cc(C)ccn3)c21. The summed E-state index contributed by atoms with van der Waals surface area (Å²) in [5.74, 6) is 1.67. The van der Waals surface area contributed by atoms with Crippen molar-refractivity contribution in [3.63, 3.8) is 0 Å². The van der Waals surface area contributed by atoms with Crippen LogP contribution in [0.15, 0.2) is 18.3 Å². The molecule has 0 radical (unpaired) electrons. The van der Waals surface area contributed by atoms with Gasteiger partial charge in [-0.05, 0) is 61.3 Å². The van der Waals surface area contributed by atoms with Gasteiger partial charge < -0.3 is 14.5 Å². The molecule has 0 saturated heterocycles. The summed E-state index contributed by atoms with van der Waals surface area (Å²) in [5.41, 5.74) is 2.37. The van der Waals surface area contributed by atoms with E-state index in [9.17, 15) is 0 Å². The molecule has 0 saturated carbocycles. The summed E-state index contributed by atoms with van der Waals surface area (Å²) < 4.78 is 13.9. The molecule has 8 nitrogen and oxygen atoms in total. The van der Waals surface area contributed by atoms with E-state index in [4.69, 9.17) is 25.9 Å². The normalized spacial score (nSPS) is 12.4. The van der Waals surface area contributed by atoms with Crippen LogP contribution < -0.4 is 9.74 Å². The second-order valence-corrected chi connectivity index (χ2v) is 14.0. The van der Waals surface area contributed by atoms with Crippen LogP contribution >= 0.6 is 11.6 Å². The Balaban J connectivity index is 2.12. The number of pyridine rings is 1. The molecule has 0 spiro atoms. The van der Waals surface area contributed by atoms with E-state index in [1.807, 2.05) is 30.7 Å². The number of halogens is 1. The van der Waals surface area contributed by atoms with Crippen molar-refractivity contribution in [2.75, 3.05) is 18.5 Å². The summed E-state index contributed by atoms with van der Waals surface area (Å²) in [7, 11) is -2.15. The third-order valence-electron chi connectivity index (χ3n) is 5.50. The molecule has 3 rings (SSSR count). The Hall–Kier alpha value is -2.23. The monoisotopic (exact) mass is 462 g/mol. The fourth-order valence-corrected chi connectivity index (χ4v) is 3.86. The van der Waals surface area contributed by atoms with E-state index in [1.54, 1.807) is 6.20 Å². The molecule has 1 N–H and O–H groups in total. The highest BCUT2D eigenvalue weighted by Gasteiger charge is 2.40. The molecule has 0 unspecified atom stereocenters. The van der Waals surface area contributed by atoms with E-state index >= 15 is 0 Å². The molecule has 0 amide bonds. The van der Waals surface area contributed by atoms with Crippen molar-refractivity contribution in [3.05, 3.63) is 29.2 Å². The number of nitrogens with one attached hydrogen (secondary N) is 1. The maximum absolute atomic E-state index is 6.52. The number of rotatable bonds is 8. The summed E-state index contributed by atoms with van der Waals surface area (Å²) in [4.78, 5) is 13.3. The third-order valence-corrected chi connectivity index (χ3v) is 9.99. The Morgan fingerprint density at radius 2 is 1.97 bits per heavy atom. The lowest BCUT2D eigenvalue weighted by Gasteiger charge is -2.35. The van der Waals surface area contributed by atoms with Crippen LogP contribution in [0.5, 0.6) is 5.88 Å². The van der Waals surface area contributed by atoms with Crippen LogP contribution in [0.4, 0.5) is 11.6 Å². The maximum atomic E-state index is 6.52. The highest BCUT2D eigenvalue weighted by Crippen LogP contribution is 2.39. The zero-order valence-corrected chi connectivity index (χ0v) is 21.0. The highest BCUT2D eigenvalue weighted by molar-refractivity contribution is 6.74. The molecule has 3 heterocycles. The fourth-order valence-electron chi connectivity index (χ4n) is 2.76. The number of hydrogen-bond acceptors (Lipinski definition) is 7. The summed E-state index contributed by atoms with van der Waals surface area (Å²) in [6, 6.07) is 3.88. The van der Waals surface area contributed by atoms with Crippen LogP contribution in [-0.2, 0) is 11.3 Å². The van der Waals surface area contributed by atoms with Gasteiger partial charge in [0.25, 0.3) is 8.32 Å². The summed E-state index contributed by atoms with van der Waals surface area (Å²) in [5, 5.41) is 8.15. The summed E-state index contributed by atoms with van der Waals surface area (Å²) in [6.07, 6.45) is 1.75. The molecule has 0 aliphatic rings. The zero-order chi connectivity index (χ0) is 22.8. The number of aryl methyl sites for hydroxylation is 1. The minimum Gasteiger partial charge on any atom is -0.528 e. The van der Waals surface area contributed by atoms with E-state index in [2.05, 4.69) is 54.1 Å². The molecular formula is C21H31ClN6O2Si. The predicted molar refractivity (Wildman–Crippen MR) is 127 cm³/mol. The van der Waals surface area contributed by atoms with E-state index in [0.717, 1.165) is 5.56 Å². The van der Waals surface area contributed by atoms with Gasteiger partial charge in [-0.2, -0.15) is 4.98 Å². The Bertz CT molecular complexity index is 1060. The average molecular weight is 463 g/mol. The highest BCUT2D eigenvalue weighted by atomic mass is 35.5. The van der Waals surface area contributed by atoms with Gasteiger partial charge in [-0.25, -0.2) is 9.97 Å². The Labute approximate surface area is 189 Å². The molecule has 0 bridgehead atoms. The number of ether oxygens (including phenoxy) is 1. The van der Waals surface area contributed by atoms with Gasteiger partial charge in [0.2, 0.25) is 11.2 Å². The van der Waals surface area contributed by atoms with Gasteiger partial charge >= 0.3 is 0 Å². The molecule has 31 heavy (non-hydrogen) atoms. The Kier molecular flexibility index (Phi) is 6.87. The first-order chi connectivity index (χ1) is 14.5. The number of hydrogen-bond donors (Lipinski definition) is 1. The van der Waals surface area contributed by atoms with E-state index in [0.29, 0.717) is 48.3 Å². The smallest absolute Gasteiger partial charge is 0.252 e. The van der Waals surface area contributed by atoms with Crippen molar-refractivity contribution < 1.29 is 9.16 Å². The Morgan fingerprint density at radius 3 is 2.61 bits per heavy atom. The third kappa shape index (κ3) is 5.34. The molecule has 3 aromatic rings. The maximum Gasteiger partial charge on any atom is 0.252 e. The number of anilines is 2. The van der Waals surface area contributed by atoms with Crippen LogP contribution in [-0.4, -0.2) is 46.3 Å². The van der Waals surface area contributed by atoms with Gasteiger partial charge in [-0.3, -0.25) is 4.68 Å². The van der Waals surface area contributed by atoms with Crippen LogP contribution in [0.25, 0.3) is 11.0 Å². The minimum atomic E-state index is -2.15. The first-order valence-electron chi connectivity index (χ1n) is 10.4. The Morgan fingerprint density at radius 1 is 1.23 bits per heavy atom. The minimum absolute atomic E-state index is 0.0117. The molecule has 10 heteroatoms. The standard InChI is InChI=1S/C21H31ClN6O2Si/c1-8-29-12-11-28-17-16(19(27-28)30-31(6,7)21(3,4)5)25-20(22)26-18(17)24-15-13-14(2)9-10-23-15/h9-10,13H,8,11-12H2,1-7H3,(H,23,24,25,26).